The van der Waals surface area contributed by atoms with Crippen LogP contribution in [-0.4, -0.2) is 48.4 Å². The smallest absolute Gasteiger partial charge is 0.259 e. The van der Waals surface area contributed by atoms with E-state index in [0.29, 0.717) is 31.1 Å². The van der Waals surface area contributed by atoms with Crippen molar-refractivity contribution >= 4 is 11.8 Å². The van der Waals surface area contributed by atoms with Crippen molar-refractivity contribution in [3.8, 4) is 5.88 Å². The number of carbonyl (C=O) groups is 2. The summed E-state index contributed by atoms with van der Waals surface area (Å²) in [7, 11) is 1.55. The van der Waals surface area contributed by atoms with Gasteiger partial charge in [-0.2, -0.15) is 0 Å². The van der Waals surface area contributed by atoms with Crippen molar-refractivity contribution in [3.05, 3.63) is 22.9 Å². The number of carbonyl (C=O) groups excluding carboxylic acids is 2. The highest BCUT2D eigenvalue weighted by Crippen LogP contribution is 2.31. The number of nitrogens with zero attached hydrogens (tertiary/aromatic N) is 2. The molecule has 22 heavy (non-hydrogen) atoms. The van der Waals surface area contributed by atoms with Crippen LogP contribution in [0.15, 0.2) is 6.07 Å². The van der Waals surface area contributed by atoms with Crippen LogP contribution in [-0.2, 0) is 17.6 Å². The molecule has 2 aliphatic heterocycles. The third-order valence-corrected chi connectivity index (χ3v) is 5.04. The number of aromatic nitrogens is 1. The molecule has 0 saturated carbocycles. The summed E-state index contributed by atoms with van der Waals surface area (Å²) in [5.74, 6) is 0.593. The highest BCUT2D eigenvalue weighted by Gasteiger charge is 2.44. The fourth-order valence-electron chi connectivity index (χ4n) is 3.84. The average molecular weight is 301 g/mol. The van der Waals surface area contributed by atoms with Crippen LogP contribution in [0, 0.1) is 11.8 Å². The SMILES string of the molecule is COc1nc2c(cc1C(=O)N1C[C@@H]3CNC(=O)[C@@H]3C1)CCC2. The molecule has 0 radical (unpaired) electrons. The molecule has 3 aliphatic rings. The number of fused-ring (bicyclic) bond motifs is 2. The summed E-state index contributed by atoms with van der Waals surface area (Å²) in [6, 6.07) is 1.94. The molecule has 2 saturated heterocycles. The molecule has 1 aromatic heterocycles. The van der Waals surface area contributed by atoms with E-state index in [4.69, 9.17) is 4.74 Å². The molecule has 1 N–H and O–H groups in total. The van der Waals surface area contributed by atoms with Gasteiger partial charge in [0, 0.05) is 31.2 Å². The zero-order valence-electron chi connectivity index (χ0n) is 12.6. The minimum Gasteiger partial charge on any atom is -0.480 e. The van der Waals surface area contributed by atoms with E-state index in [-0.39, 0.29) is 23.7 Å². The van der Waals surface area contributed by atoms with Crippen LogP contribution in [0.2, 0.25) is 0 Å². The standard InChI is InChI=1S/C16H19N3O3/c1-22-15-11(5-9-3-2-4-13(9)18-15)16(21)19-7-10-6-17-14(20)12(10)8-19/h5,10,12H,2-4,6-8H2,1H3,(H,17,20)/t10-,12+/m0/s1. The molecule has 0 unspecified atom stereocenters. The Hall–Kier alpha value is -2.11. The van der Waals surface area contributed by atoms with Crippen LogP contribution >= 0.6 is 0 Å². The summed E-state index contributed by atoms with van der Waals surface area (Å²) in [4.78, 5) is 30.9. The van der Waals surface area contributed by atoms with Gasteiger partial charge >= 0.3 is 0 Å². The molecule has 3 heterocycles. The van der Waals surface area contributed by atoms with E-state index in [1.54, 1.807) is 12.0 Å². The topological polar surface area (TPSA) is 71.5 Å². The van der Waals surface area contributed by atoms with Crippen molar-refractivity contribution in [3.63, 3.8) is 0 Å². The van der Waals surface area contributed by atoms with Gasteiger partial charge < -0.3 is 15.0 Å². The van der Waals surface area contributed by atoms with Gasteiger partial charge in [0.25, 0.3) is 5.91 Å². The molecule has 116 valence electrons. The Bertz CT molecular complexity index is 658. The molecule has 6 heteroatoms. The monoisotopic (exact) mass is 301 g/mol. The number of ether oxygens (including phenoxy) is 1. The normalized spacial score (nSPS) is 25.9. The molecule has 2 atom stereocenters. The van der Waals surface area contributed by atoms with Crippen molar-refractivity contribution < 1.29 is 14.3 Å². The highest BCUT2D eigenvalue weighted by molar-refractivity contribution is 5.97. The van der Waals surface area contributed by atoms with Crippen molar-refractivity contribution in [2.75, 3.05) is 26.7 Å². The average Bonchev–Trinajstić information content (AvgIpc) is 3.22. The van der Waals surface area contributed by atoms with Crippen LogP contribution in [0.25, 0.3) is 0 Å². The molecular weight excluding hydrogens is 282 g/mol. The van der Waals surface area contributed by atoms with Crippen LogP contribution < -0.4 is 10.1 Å². The van der Waals surface area contributed by atoms with Crippen molar-refractivity contribution in [2.45, 2.75) is 19.3 Å². The molecule has 0 aromatic carbocycles. The number of aryl methyl sites for hydroxylation is 2. The van der Waals surface area contributed by atoms with E-state index >= 15 is 0 Å². The number of pyridine rings is 1. The summed E-state index contributed by atoms with van der Waals surface area (Å²) in [5, 5.41) is 2.86. The first-order valence-electron chi connectivity index (χ1n) is 7.81. The molecule has 4 rings (SSSR count). The van der Waals surface area contributed by atoms with Crippen LogP contribution in [0.3, 0.4) is 0 Å². The minimum absolute atomic E-state index is 0.0580. The lowest BCUT2D eigenvalue weighted by Gasteiger charge is -2.19. The zero-order valence-corrected chi connectivity index (χ0v) is 12.6. The predicted octanol–water partition coefficient (Wildman–Crippen LogP) is 0.397. The quantitative estimate of drug-likeness (QED) is 0.858. The summed E-state index contributed by atoms with van der Waals surface area (Å²) < 4.78 is 5.33. The Morgan fingerprint density at radius 1 is 1.41 bits per heavy atom. The summed E-state index contributed by atoms with van der Waals surface area (Å²) >= 11 is 0. The number of rotatable bonds is 2. The number of hydrogen-bond acceptors (Lipinski definition) is 4. The lowest BCUT2D eigenvalue weighted by Crippen LogP contribution is -2.33. The Morgan fingerprint density at radius 2 is 2.27 bits per heavy atom. The van der Waals surface area contributed by atoms with Gasteiger partial charge in [-0.3, -0.25) is 9.59 Å². The minimum atomic E-state index is -0.0683. The molecule has 1 aromatic rings. The van der Waals surface area contributed by atoms with Gasteiger partial charge in [-0.25, -0.2) is 4.98 Å². The lowest BCUT2D eigenvalue weighted by atomic mass is 10.0. The Morgan fingerprint density at radius 3 is 3.05 bits per heavy atom. The van der Waals surface area contributed by atoms with Gasteiger partial charge in [0.05, 0.1) is 13.0 Å². The van der Waals surface area contributed by atoms with E-state index in [1.165, 1.54) is 0 Å². The van der Waals surface area contributed by atoms with E-state index in [9.17, 15) is 9.59 Å². The first-order valence-corrected chi connectivity index (χ1v) is 7.81. The van der Waals surface area contributed by atoms with Crippen molar-refractivity contribution in [1.82, 2.24) is 15.2 Å². The third kappa shape index (κ3) is 1.97. The van der Waals surface area contributed by atoms with Gasteiger partial charge in [0.2, 0.25) is 11.8 Å². The lowest BCUT2D eigenvalue weighted by molar-refractivity contribution is -0.122. The first-order chi connectivity index (χ1) is 10.7. The van der Waals surface area contributed by atoms with E-state index in [1.807, 2.05) is 6.07 Å². The Balaban J connectivity index is 1.62. The molecular formula is C16H19N3O3. The summed E-state index contributed by atoms with van der Waals surface area (Å²) in [5.41, 5.74) is 2.73. The van der Waals surface area contributed by atoms with E-state index in [0.717, 1.165) is 30.5 Å². The summed E-state index contributed by atoms with van der Waals surface area (Å²) in [6.07, 6.45) is 3.01. The fraction of sp³-hybridized carbons (Fsp3) is 0.562. The number of nitrogens with one attached hydrogen (secondary N) is 1. The first kappa shape index (κ1) is 13.5. The predicted molar refractivity (Wildman–Crippen MR) is 78.7 cm³/mol. The highest BCUT2D eigenvalue weighted by atomic mass is 16.5. The molecule has 0 spiro atoms. The van der Waals surface area contributed by atoms with Crippen molar-refractivity contribution in [2.24, 2.45) is 11.8 Å². The zero-order chi connectivity index (χ0) is 15.3. The molecule has 2 amide bonds. The van der Waals surface area contributed by atoms with Gasteiger partial charge in [0.1, 0.15) is 5.56 Å². The molecule has 1 aliphatic carbocycles. The largest absolute Gasteiger partial charge is 0.480 e. The van der Waals surface area contributed by atoms with E-state index in [2.05, 4.69) is 10.3 Å². The second-order valence-electron chi connectivity index (χ2n) is 6.33. The van der Waals surface area contributed by atoms with Gasteiger partial charge in [-0.1, -0.05) is 0 Å². The maximum absolute atomic E-state index is 12.8. The van der Waals surface area contributed by atoms with Gasteiger partial charge in [-0.05, 0) is 30.9 Å². The van der Waals surface area contributed by atoms with Gasteiger partial charge in [-0.15, -0.1) is 0 Å². The maximum atomic E-state index is 12.8. The molecule has 2 fully saturated rings. The number of likely N-dealkylation sites (tertiary alicyclic amines) is 1. The number of amides is 2. The Labute approximate surface area is 128 Å². The van der Waals surface area contributed by atoms with Crippen LogP contribution in [0.5, 0.6) is 5.88 Å². The summed E-state index contributed by atoms with van der Waals surface area (Å²) in [6.45, 7) is 1.80. The molecule has 6 nitrogen and oxygen atoms in total. The maximum Gasteiger partial charge on any atom is 0.259 e. The second kappa shape index (κ2) is 4.97. The van der Waals surface area contributed by atoms with Crippen LogP contribution in [0.1, 0.15) is 28.0 Å². The van der Waals surface area contributed by atoms with Crippen molar-refractivity contribution in [1.29, 1.82) is 0 Å². The number of methoxy groups -OCH3 is 1. The second-order valence-corrected chi connectivity index (χ2v) is 6.33. The van der Waals surface area contributed by atoms with Gasteiger partial charge in [0.15, 0.2) is 0 Å². The fourth-order valence-corrected chi connectivity index (χ4v) is 3.84. The van der Waals surface area contributed by atoms with E-state index < -0.39 is 0 Å². The third-order valence-electron chi connectivity index (χ3n) is 5.04. The molecule has 0 bridgehead atoms. The number of hydrogen-bond donors (Lipinski definition) is 1. The van der Waals surface area contributed by atoms with Crippen LogP contribution in [0.4, 0.5) is 0 Å². The Kier molecular flexibility index (Phi) is 3.06.